The van der Waals surface area contributed by atoms with E-state index in [0.29, 0.717) is 5.56 Å². The SMILES string of the molecule is COc1cc(/C=C\C(=O)O[C@@H]2C[C@](C)(O)[C@H]3[C@H](O[C@@H]4O[C@H](CO)[C@@H](O)[C@H](O)[C@H]4O)OC=C[C@H]32)ccc1O. The van der Waals surface area contributed by atoms with Crippen molar-refractivity contribution in [1.82, 2.24) is 0 Å². The van der Waals surface area contributed by atoms with Crippen LogP contribution in [0, 0.1) is 11.8 Å². The number of methoxy groups -OCH3 is 1. The third-order valence-corrected chi connectivity index (χ3v) is 6.98. The molecule has 0 spiro atoms. The standard InChI is InChI=1S/C25H32O12/c1-25(32)10-16(35-18(28)6-4-12-3-5-14(27)15(9-12)33-2)13-7-8-34-23(19(13)25)37-24-22(31)21(30)20(29)17(11-26)36-24/h3-9,13,16-17,19-24,26-27,29-32H,10-11H2,1-2H3/b6-4-/t13-,16+,17+,19+,20+,21-,22+,23-,24-,25-/m0/s1. The Balaban J connectivity index is 1.44. The van der Waals surface area contributed by atoms with E-state index in [1.807, 2.05) is 0 Å². The summed E-state index contributed by atoms with van der Waals surface area (Å²) in [6.07, 6.45) is -3.58. The van der Waals surface area contributed by atoms with Gasteiger partial charge in [0, 0.05) is 18.4 Å². The average molecular weight is 525 g/mol. The van der Waals surface area contributed by atoms with Gasteiger partial charge in [0.2, 0.25) is 6.29 Å². The van der Waals surface area contributed by atoms with Gasteiger partial charge in [0.15, 0.2) is 17.8 Å². The summed E-state index contributed by atoms with van der Waals surface area (Å²) in [5, 5.41) is 60.6. The minimum atomic E-state index is -1.64. The Labute approximate surface area is 212 Å². The van der Waals surface area contributed by atoms with Crippen LogP contribution in [0.2, 0.25) is 0 Å². The van der Waals surface area contributed by atoms with Crippen LogP contribution < -0.4 is 4.74 Å². The van der Waals surface area contributed by atoms with Gasteiger partial charge in [-0.3, -0.25) is 0 Å². The number of phenolic OH excluding ortho intramolecular Hbond substituents is 1. The molecule has 0 radical (unpaired) electrons. The fourth-order valence-electron chi connectivity index (χ4n) is 5.04. The summed E-state index contributed by atoms with van der Waals surface area (Å²) >= 11 is 0. The minimum absolute atomic E-state index is 0.0340. The molecule has 0 aromatic heterocycles. The number of esters is 1. The maximum Gasteiger partial charge on any atom is 0.331 e. The molecule has 0 amide bonds. The van der Waals surface area contributed by atoms with Crippen LogP contribution in [0.25, 0.3) is 6.08 Å². The summed E-state index contributed by atoms with van der Waals surface area (Å²) in [4.78, 5) is 12.6. The first-order chi connectivity index (χ1) is 17.6. The van der Waals surface area contributed by atoms with Crippen molar-refractivity contribution in [2.75, 3.05) is 13.7 Å². The number of carbonyl (C=O) groups is 1. The molecule has 0 bridgehead atoms. The molecule has 2 aliphatic heterocycles. The fraction of sp³-hybridized carbons (Fsp3) is 0.560. The van der Waals surface area contributed by atoms with E-state index < -0.39 is 73.1 Å². The van der Waals surface area contributed by atoms with Crippen LogP contribution >= 0.6 is 0 Å². The zero-order chi connectivity index (χ0) is 26.9. The Kier molecular flexibility index (Phi) is 8.09. The number of aromatic hydroxyl groups is 1. The van der Waals surface area contributed by atoms with E-state index in [-0.39, 0.29) is 17.9 Å². The maximum atomic E-state index is 12.6. The summed E-state index contributed by atoms with van der Waals surface area (Å²) in [7, 11) is 1.41. The molecule has 204 valence electrons. The highest BCUT2D eigenvalue weighted by molar-refractivity contribution is 5.87. The number of rotatable bonds is 7. The Morgan fingerprint density at radius 3 is 2.65 bits per heavy atom. The van der Waals surface area contributed by atoms with Crippen molar-refractivity contribution in [3.8, 4) is 11.5 Å². The molecule has 10 atom stereocenters. The lowest BCUT2D eigenvalue weighted by Crippen LogP contribution is -2.60. The van der Waals surface area contributed by atoms with E-state index in [0.717, 1.165) is 0 Å². The van der Waals surface area contributed by atoms with Gasteiger partial charge in [0.1, 0.15) is 30.5 Å². The second kappa shape index (κ2) is 11.0. The molecule has 1 aliphatic carbocycles. The zero-order valence-corrected chi connectivity index (χ0v) is 20.3. The van der Waals surface area contributed by atoms with Gasteiger partial charge in [0.05, 0.1) is 31.5 Å². The second-order valence-corrected chi connectivity index (χ2v) is 9.57. The molecule has 6 N–H and O–H groups in total. The largest absolute Gasteiger partial charge is 0.504 e. The molecular formula is C25H32O12. The monoisotopic (exact) mass is 524 g/mol. The van der Waals surface area contributed by atoms with Crippen LogP contribution in [0.1, 0.15) is 18.9 Å². The van der Waals surface area contributed by atoms with E-state index in [9.17, 15) is 35.4 Å². The molecule has 2 fully saturated rings. The number of fused-ring (bicyclic) bond motifs is 1. The third kappa shape index (κ3) is 5.60. The summed E-state index contributed by atoms with van der Waals surface area (Å²) in [5.41, 5.74) is -0.811. The first kappa shape index (κ1) is 27.3. The number of ether oxygens (including phenoxy) is 5. The van der Waals surface area contributed by atoms with Crippen molar-refractivity contribution in [2.24, 2.45) is 11.8 Å². The number of hydrogen-bond donors (Lipinski definition) is 6. The molecule has 12 nitrogen and oxygen atoms in total. The smallest absolute Gasteiger partial charge is 0.331 e. The number of hydrogen-bond acceptors (Lipinski definition) is 12. The van der Waals surface area contributed by atoms with Crippen LogP contribution in [0.15, 0.2) is 36.6 Å². The van der Waals surface area contributed by atoms with Crippen molar-refractivity contribution in [3.63, 3.8) is 0 Å². The van der Waals surface area contributed by atoms with Crippen molar-refractivity contribution in [2.45, 2.75) is 62.0 Å². The van der Waals surface area contributed by atoms with Crippen molar-refractivity contribution in [3.05, 3.63) is 42.2 Å². The van der Waals surface area contributed by atoms with Crippen LogP contribution in [0.3, 0.4) is 0 Å². The molecule has 3 aliphatic rings. The van der Waals surface area contributed by atoms with Gasteiger partial charge in [0.25, 0.3) is 0 Å². The Morgan fingerprint density at radius 2 is 1.95 bits per heavy atom. The summed E-state index contributed by atoms with van der Waals surface area (Å²) in [6, 6.07) is 4.59. The molecule has 4 rings (SSSR count). The van der Waals surface area contributed by atoms with E-state index in [4.69, 9.17) is 23.7 Å². The number of aliphatic hydroxyl groups excluding tert-OH is 4. The summed E-state index contributed by atoms with van der Waals surface area (Å²) in [5.74, 6) is -1.69. The first-order valence-electron chi connectivity index (χ1n) is 11.8. The van der Waals surface area contributed by atoms with E-state index in [1.54, 1.807) is 25.1 Å². The van der Waals surface area contributed by atoms with Gasteiger partial charge in [-0.15, -0.1) is 0 Å². The quantitative estimate of drug-likeness (QED) is 0.197. The number of benzene rings is 1. The Hall–Kier alpha value is -2.71. The van der Waals surface area contributed by atoms with E-state index >= 15 is 0 Å². The predicted molar refractivity (Wildman–Crippen MR) is 125 cm³/mol. The summed E-state index contributed by atoms with van der Waals surface area (Å²) in [6.45, 7) is 0.922. The van der Waals surface area contributed by atoms with Gasteiger partial charge in [-0.2, -0.15) is 0 Å². The molecule has 12 heteroatoms. The number of aliphatic hydroxyl groups is 5. The van der Waals surface area contributed by atoms with Crippen LogP contribution in [0.5, 0.6) is 11.5 Å². The van der Waals surface area contributed by atoms with Crippen molar-refractivity contribution in [1.29, 1.82) is 0 Å². The Morgan fingerprint density at radius 1 is 1.19 bits per heavy atom. The van der Waals surface area contributed by atoms with Gasteiger partial charge in [-0.1, -0.05) is 6.07 Å². The fourth-order valence-corrected chi connectivity index (χ4v) is 5.04. The Bertz CT molecular complexity index is 1020. The molecule has 1 saturated carbocycles. The van der Waals surface area contributed by atoms with E-state index in [2.05, 4.69) is 0 Å². The van der Waals surface area contributed by atoms with Gasteiger partial charge >= 0.3 is 5.97 Å². The van der Waals surface area contributed by atoms with Crippen LogP contribution in [-0.4, -0.2) is 99.0 Å². The third-order valence-electron chi connectivity index (χ3n) is 6.98. The molecule has 1 saturated heterocycles. The lowest BCUT2D eigenvalue weighted by atomic mass is 9.85. The predicted octanol–water partition coefficient (Wildman–Crippen LogP) is -0.601. The van der Waals surface area contributed by atoms with Gasteiger partial charge in [-0.05, 0) is 36.8 Å². The highest BCUT2D eigenvalue weighted by atomic mass is 16.8. The number of phenols is 1. The molecular weight excluding hydrogens is 492 g/mol. The minimum Gasteiger partial charge on any atom is -0.504 e. The molecule has 2 heterocycles. The summed E-state index contributed by atoms with van der Waals surface area (Å²) < 4.78 is 27.4. The van der Waals surface area contributed by atoms with Crippen molar-refractivity contribution < 1.29 is 59.1 Å². The zero-order valence-electron chi connectivity index (χ0n) is 20.3. The van der Waals surface area contributed by atoms with E-state index in [1.165, 1.54) is 31.6 Å². The molecule has 1 aromatic rings. The highest BCUT2D eigenvalue weighted by Crippen LogP contribution is 2.48. The maximum absolute atomic E-state index is 12.6. The molecule has 1 aromatic carbocycles. The normalized spacial score (nSPS) is 39.3. The second-order valence-electron chi connectivity index (χ2n) is 9.57. The van der Waals surface area contributed by atoms with Gasteiger partial charge in [-0.25, -0.2) is 4.79 Å². The van der Waals surface area contributed by atoms with Crippen LogP contribution in [0.4, 0.5) is 0 Å². The van der Waals surface area contributed by atoms with Gasteiger partial charge < -0.3 is 54.3 Å². The lowest BCUT2D eigenvalue weighted by Gasteiger charge is -2.43. The number of carbonyl (C=O) groups excluding carboxylic acids is 1. The highest BCUT2D eigenvalue weighted by Gasteiger charge is 2.57. The molecule has 37 heavy (non-hydrogen) atoms. The topological polar surface area (TPSA) is 185 Å². The molecule has 0 unspecified atom stereocenters. The van der Waals surface area contributed by atoms with Crippen LogP contribution in [-0.2, 0) is 23.7 Å². The lowest BCUT2D eigenvalue weighted by molar-refractivity contribution is -0.346. The first-order valence-corrected chi connectivity index (χ1v) is 11.8. The average Bonchev–Trinajstić information content (AvgIpc) is 3.13. The van der Waals surface area contributed by atoms with Crippen molar-refractivity contribution >= 4 is 12.0 Å².